The third-order valence-corrected chi connectivity index (χ3v) is 6.59. The molecule has 0 spiro atoms. The summed E-state index contributed by atoms with van der Waals surface area (Å²) in [7, 11) is -3.47. The minimum Gasteiger partial charge on any atom is -0.352 e. The molecule has 1 amide bonds. The first-order valence-electron chi connectivity index (χ1n) is 9.17. The SMILES string of the molecule is CCN(CC)S(=O)(=O)c1ccc(C=CC(=O)NCCc2ccc(Cl)cc2)cc1. The summed E-state index contributed by atoms with van der Waals surface area (Å²) in [5.74, 6) is -0.200. The van der Waals surface area contributed by atoms with Crippen molar-refractivity contribution in [2.75, 3.05) is 19.6 Å². The van der Waals surface area contributed by atoms with Gasteiger partial charge in [0.1, 0.15) is 0 Å². The van der Waals surface area contributed by atoms with Crippen LogP contribution in [0.1, 0.15) is 25.0 Å². The molecule has 0 heterocycles. The van der Waals surface area contributed by atoms with Gasteiger partial charge in [-0.25, -0.2) is 8.42 Å². The molecule has 0 radical (unpaired) electrons. The molecule has 0 fully saturated rings. The number of carbonyl (C=O) groups is 1. The molecule has 0 saturated heterocycles. The van der Waals surface area contributed by atoms with Crippen LogP contribution in [0.25, 0.3) is 6.08 Å². The summed E-state index contributed by atoms with van der Waals surface area (Å²) >= 11 is 5.85. The Bertz CT molecular complexity index is 904. The number of nitrogens with zero attached hydrogens (tertiary/aromatic N) is 1. The quantitative estimate of drug-likeness (QED) is 0.628. The molecular formula is C21H25ClN2O3S. The molecule has 2 aromatic carbocycles. The summed E-state index contributed by atoms with van der Waals surface area (Å²) in [6, 6.07) is 14.0. The van der Waals surface area contributed by atoms with Gasteiger partial charge in [-0.3, -0.25) is 4.79 Å². The van der Waals surface area contributed by atoms with Crippen LogP contribution in [0.2, 0.25) is 5.02 Å². The number of benzene rings is 2. The highest BCUT2D eigenvalue weighted by molar-refractivity contribution is 7.89. The molecule has 0 saturated carbocycles. The third kappa shape index (κ3) is 6.19. The fraction of sp³-hybridized carbons (Fsp3) is 0.286. The van der Waals surface area contributed by atoms with Gasteiger partial charge < -0.3 is 5.32 Å². The maximum atomic E-state index is 12.5. The monoisotopic (exact) mass is 420 g/mol. The number of nitrogens with one attached hydrogen (secondary N) is 1. The topological polar surface area (TPSA) is 66.5 Å². The maximum Gasteiger partial charge on any atom is 0.244 e. The van der Waals surface area contributed by atoms with Crippen molar-refractivity contribution in [1.29, 1.82) is 0 Å². The second-order valence-electron chi connectivity index (χ2n) is 6.16. The summed E-state index contributed by atoms with van der Waals surface area (Å²) in [4.78, 5) is 12.2. The van der Waals surface area contributed by atoms with Crippen LogP contribution >= 0.6 is 11.6 Å². The number of amides is 1. The second-order valence-corrected chi connectivity index (χ2v) is 8.53. The first-order chi connectivity index (χ1) is 13.4. The molecule has 2 rings (SSSR count). The molecule has 7 heteroatoms. The molecule has 0 aliphatic carbocycles. The first-order valence-corrected chi connectivity index (χ1v) is 11.0. The number of halogens is 1. The van der Waals surface area contributed by atoms with Gasteiger partial charge in [-0.2, -0.15) is 4.31 Å². The van der Waals surface area contributed by atoms with Crippen molar-refractivity contribution < 1.29 is 13.2 Å². The minimum atomic E-state index is -3.47. The number of rotatable bonds is 9. The zero-order chi connectivity index (χ0) is 20.6. The van der Waals surface area contributed by atoms with E-state index in [1.807, 2.05) is 38.1 Å². The van der Waals surface area contributed by atoms with Crippen LogP contribution in [-0.2, 0) is 21.2 Å². The summed E-state index contributed by atoms with van der Waals surface area (Å²) < 4.78 is 26.3. The van der Waals surface area contributed by atoms with E-state index in [1.165, 1.54) is 10.4 Å². The average Bonchev–Trinajstić information content (AvgIpc) is 2.69. The Morgan fingerprint density at radius 3 is 2.21 bits per heavy atom. The Hall–Kier alpha value is -2.15. The molecule has 28 heavy (non-hydrogen) atoms. The summed E-state index contributed by atoms with van der Waals surface area (Å²) in [6.45, 7) is 4.99. The van der Waals surface area contributed by atoms with E-state index in [2.05, 4.69) is 5.32 Å². The van der Waals surface area contributed by atoms with E-state index in [9.17, 15) is 13.2 Å². The maximum absolute atomic E-state index is 12.5. The van der Waals surface area contributed by atoms with Gasteiger partial charge in [-0.05, 0) is 47.9 Å². The Morgan fingerprint density at radius 1 is 1.04 bits per heavy atom. The molecule has 0 bridgehead atoms. The smallest absolute Gasteiger partial charge is 0.244 e. The highest BCUT2D eigenvalue weighted by atomic mass is 35.5. The third-order valence-electron chi connectivity index (χ3n) is 4.28. The van der Waals surface area contributed by atoms with Crippen molar-refractivity contribution in [2.24, 2.45) is 0 Å². The number of carbonyl (C=O) groups excluding carboxylic acids is 1. The highest BCUT2D eigenvalue weighted by Crippen LogP contribution is 2.16. The minimum absolute atomic E-state index is 0.200. The molecule has 0 aromatic heterocycles. The highest BCUT2D eigenvalue weighted by Gasteiger charge is 2.20. The van der Waals surface area contributed by atoms with Crippen LogP contribution in [0.4, 0.5) is 0 Å². The lowest BCUT2D eigenvalue weighted by molar-refractivity contribution is -0.116. The van der Waals surface area contributed by atoms with Crippen molar-refractivity contribution in [3.8, 4) is 0 Å². The Labute approximate surface area is 172 Å². The molecule has 0 unspecified atom stereocenters. The average molecular weight is 421 g/mol. The van der Waals surface area contributed by atoms with Gasteiger partial charge in [-0.15, -0.1) is 0 Å². The van der Waals surface area contributed by atoms with Gasteiger partial charge in [-0.1, -0.05) is 49.7 Å². The molecular weight excluding hydrogens is 396 g/mol. The number of sulfonamides is 1. The van der Waals surface area contributed by atoms with Crippen molar-refractivity contribution in [3.05, 3.63) is 70.8 Å². The molecule has 2 aromatic rings. The van der Waals surface area contributed by atoms with Gasteiger partial charge in [0.05, 0.1) is 4.90 Å². The first kappa shape index (κ1) is 22.1. The van der Waals surface area contributed by atoms with E-state index in [0.717, 1.165) is 11.1 Å². The standard InChI is InChI=1S/C21H25ClN2O3S/c1-3-24(4-2)28(26,27)20-12-7-17(8-13-20)9-14-21(25)23-16-15-18-5-10-19(22)11-6-18/h5-14H,3-4,15-16H2,1-2H3,(H,23,25). The van der Waals surface area contributed by atoms with Gasteiger partial charge >= 0.3 is 0 Å². The van der Waals surface area contributed by atoms with Crippen LogP contribution in [-0.4, -0.2) is 38.3 Å². The predicted octanol–water partition coefficient (Wildman–Crippen LogP) is 3.74. The van der Waals surface area contributed by atoms with Crippen molar-refractivity contribution in [2.45, 2.75) is 25.2 Å². The lowest BCUT2D eigenvalue weighted by atomic mass is 10.1. The van der Waals surface area contributed by atoms with Crippen molar-refractivity contribution in [3.63, 3.8) is 0 Å². The molecule has 5 nitrogen and oxygen atoms in total. The van der Waals surface area contributed by atoms with Crippen LogP contribution in [0.5, 0.6) is 0 Å². The van der Waals surface area contributed by atoms with Crippen molar-refractivity contribution >= 4 is 33.6 Å². The second kappa shape index (κ2) is 10.4. The molecule has 150 valence electrons. The summed E-state index contributed by atoms with van der Waals surface area (Å²) in [5, 5.41) is 3.51. The molecule has 0 aliphatic rings. The lowest BCUT2D eigenvalue weighted by Crippen LogP contribution is -2.30. The Kier molecular flexibility index (Phi) is 8.23. The molecule has 0 aliphatic heterocycles. The van der Waals surface area contributed by atoms with Crippen LogP contribution in [0, 0.1) is 0 Å². The van der Waals surface area contributed by atoms with E-state index < -0.39 is 10.0 Å². The van der Waals surface area contributed by atoms with Crippen LogP contribution < -0.4 is 5.32 Å². The van der Waals surface area contributed by atoms with Crippen LogP contribution in [0.15, 0.2) is 59.5 Å². The lowest BCUT2D eigenvalue weighted by Gasteiger charge is -2.18. The molecule has 1 N–H and O–H groups in total. The number of hydrogen-bond donors (Lipinski definition) is 1. The summed E-state index contributed by atoms with van der Waals surface area (Å²) in [5.41, 5.74) is 1.85. The van der Waals surface area contributed by atoms with E-state index in [0.29, 0.717) is 31.1 Å². The van der Waals surface area contributed by atoms with Gasteiger partial charge in [0, 0.05) is 30.7 Å². The fourth-order valence-electron chi connectivity index (χ4n) is 2.68. The van der Waals surface area contributed by atoms with E-state index in [1.54, 1.807) is 30.3 Å². The normalized spacial score (nSPS) is 11.9. The van der Waals surface area contributed by atoms with Gasteiger partial charge in [0.15, 0.2) is 0 Å². The zero-order valence-corrected chi connectivity index (χ0v) is 17.6. The van der Waals surface area contributed by atoms with E-state index in [-0.39, 0.29) is 10.8 Å². The largest absolute Gasteiger partial charge is 0.352 e. The fourth-order valence-corrected chi connectivity index (χ4v) is 4.26. The zero-order valence-electron chi connectivity index (χ0n) is 16.1. The Morgan fingerprint density at radius 2 is 1.64 bits per heavy atom. The molecule has 0 atom stereocenters. The summed E-state index contributed by atoms with van der Waals surface area (Å²) in [6.07, 6.45) is 3.82. The van der Waals surface area contributed by atoms with E-state index in [4.69, 9.17) is 11.6 Å². The van der Waals surface area contributed by atoms with Gasteiger partial charge in [0.25, 0.3) is 0 Å². The predicted molar refractivity (Wildman–Crippen MR) is 114 cm³/mol. The van der Waals surface area contributed by atoms with Gasteiger partial charge in [0.2, 0.25) is 15.9 Å². The Balaban J connectivity index is 1.89. The van der Waals surface area contributed by atoms with E-state index >= 15 is 0 Å². The van der Waals surface area contributed by atoms with Crippen LogP contribution in [0.3, 0.4) is 0 Å². The van der Waals surface area contributed by atoms with Crippen molar-refractivity contribution in [1.82, 2.24) is 9.62 Å². The number of hydrogen-bond acceptors (Lipinski definition) is 3.